The second-order valence-electron chi connectivity index (χ2n) is 4.91. The standard InChI is InChI=1S/C15H18FNO3/c1-2-20-15(19)14-9-17(10-18)8-7-13(14)11-3-5-12(16)6-4-11/h3-6,10,13-14H,2,7-9H2,1H3. The van der Waals surface area contributed by atoms with E-state index in [4.69, 9.17) is 4.74 Å². The van der Waals surface area contributed by atoms with E-state index in [-0.39, 0.29) is 23.6 Å². The molecule has 0 spiro atoms. The van der Waals surface area contributed by atoms with Crippen LogP contribution in [-0.4, -0.2) is 37.0 Å². The van der Waals surface area contributed by atoms with Gasteiger partial charge < -0.3 is 9.64 Å². The Morgan fingerprint density at radius 3 is 2.75 bits per heavy atom. The fourth-order valence-corrected chi connectivity index (χ4v) is 2.67. The number of amides is 1. The number of rotatable bonds is 4. The third-order valence-corrected chi connectivity index (χ3v) is 3.68. The average molecular weight is 279 g/mol. The summed E-state index contributed by atoms with van der Waals surface area (Å²) in [6, 6.07) is 6.18. The van der Waals surface area contributed by atoms with Gasteiger partial charge in [-0.25, -0.2) is 4.39 Å². The van der Waals surface area contributed by atoms with Crippen molar-refractivity contribution in [3.63, 3.8) is 0 Å². The fraction of sp³-hybridized carbons (Fsp3) is 0.467. The fourth-order valence-electron chi connectivity index (χ4n) is 2.67. The summed E-state index contributed by atoms with van der Waals surface area (Å²) in [6.45, 7) is 3.02. The van der Waals surface area contributed by atoms with E-state index in [9.17, 15) is 14.0 Å². The molecule has 5 heteroatoms. The molecule has 2 atom stereocenters. The molecule has 108 valence electrons. The number of hydrogen-bond donors (Lipinski definition) is 0. The summed E-state index contributed by atoms with van der Waals surface area (Å²) in [5.74, 6) is -1.02. The van der Waals surface area contributed by atoms with E-state index in [0.717, 1.165) is 12.0 Å². The summed E-state index contributed by atoms with van der Waals surface area (Å²) >= 11 is 0. The molecule has 1 fully saturated rings. The number of esters is 1. The third-order valence-electron chi connectivity index (χ3n) is 3.68. The number of carbonyl (C=O) groups is 2. The lowest BCUT2D eigenvalue weighted by atomic mass is 9.80. The zero-order valence-corrected chi connectivity index (χ0v) is 11.4. The first-order valence-corrected chi connectivity index (χ1v) is 6.77. The Bertz CT molecular complexity index is 475. The monoisotopic (exact) mass is 279 g/mol. The first kappa shape index (κ1) is 14.5. The van der Waals surface area contributed by atoms with Crippen molar-refractivity contribution >= 4 is 12.4 Å². The van der Waals surface area contributed by atoms with Crippen LogP contribution in [0.2, 0.25) is 0 Å². The molecule has 1 aromatic carbocycles. The zero-order valence-electron chi connectivity index (χ0n) is 11.4. The van der Waals surface area contributed by atoms with Gasteiger partial charge in [0.25, 0.3) is 0 Å². The molecular formula is C15H18FNO3. The summed E-state index contributed by atoms with van der Waals surface area (Å²) in [7, 11) is 0. The van der Waals surface area contributed by atoms with Crippen molar-refractivity contribution < 1.29 is 18.7 Å². The Labute approximate surface area is 117 Å². The Kier molecular flexibility index (Phi) is 4.71. The predicted molar refractivity (Wildman–Crippen MR) is 71.5 cm³/mol. The molecule has 4 nitrogen and oxygen atoms in total. The molecule has 0 radical (unpaired) electrons. The van der Waals surface area contributed by atoms with Crippen molar-refractivity contribution in [2.45, 2.75) is 19.3 Å². The largest absolute Gasteiger partial charge is 0.466 e. The van der Waals surface area contributed by atoms with Crippen LogP contribution in [0.4, 0.5) is 4.39 Å². The van der Waals surface area contributed by atoms with Crippen LogP contribution in [0, 0.1) is 11.7 Å². The second-order valence-corrected chi connectivity index (χ2v) is 4.91. The maximum atomic E-state index is 13.0. The van der Waals surface area contributed by atoms with Crippen LogP contribution in [0.1, 0.15) is 24.8 Å². The van der Waals surface area contributed by atoms with Crippen LogP contribution >= 0.6 is 0 Å². The maximum absolute atomic E-state index is 13.0. The van der Waals surface area contributed by atoms with Crippen molar-refractivity contribution in [3.8, 4) is 0 Å². The van der Waals surface area contributed by atoms with Crippen molar-refractivity contribution in [1.29, 1.82) is 0 Å². The molecule has 0 aromatic heterocycles. The van der Waals surface area contributed by atoms with Crippen LogP contribution in [-0.2, 0) is 14.3 Å². The van der Waals surface area contributed by atoms with Gasteiger partial charge in [-0.1, -0.05) is 12.1 Å². The van der Waals surface area contributed by atoms with Crippen molar-refractivity contribution in [3.05, 3.63) is 35.6 Å². The molecule has 1 saturated heterocycles. The van der Waals surface area contributed by atoms with Gasteiger partial charge in [0.05, 0.1) is 12.5 Å². The highest BCUT2D eigenvalue weighted by atomic mass is 19.1. The summed E-state index contributed by atoms with van der Waals surface area (Å²) in [5, 5.41) is 0. The number of ether oxygens (including phenoxy) is 1. The molecule has 0 aliphatic carbocycles. The van der Waals surface area contributed by atoms with E-state index >= 15 is 0 Å². The third kappa shape index (κ3) is 3.15. The number of hydrogen-bond acceptors (Lipinski definition) is 3. The highest BCUT2D eigenvalue weighted by Gasteiger charge is 2.35. The van der Waals surface area contributed by atoms with Gasteiger partial charge in [-0.05, 0) is 31.0 Å². The number of likely N-dealkylation sites (tertiary alicyclic amines) is 1. The van der Waals surface area contributed by atoms with Gasteiger partial charge in [0.2, 0.25) is 6.41 Å². The quantitative estimate of drug-likeness (QED) is 0.625. The predicted octanol–water partition coefficient (Wildman–Crippen LogP) is 1.95. The molecule has 1 aliphatic rings. The van der Waals surface area contributed by atoms with E-state index in [2.05, 4.69) is 0 Å². The number of halogens is 1. The highest BCUT2D eigenvalue weighted by molar-refractivity contribution is 5.74. The van der Waals surface area contributed by atoms with Crippen LogP contribution in [0.5, 0.6) is 0 Å². The van der Waals surface area contributed by atoms with Crippen LogP contribution in [0.3, 0.4) is 0 Å². The summed E-state index contributed by atoms with van der Waals surface area (Å²) in [5.41, 5.74) is 0.912. The van der Waals surface area contributed by atoms with E-state index in [0.29, 0.717) is 26.1 Å². The van der Waals surface area contributed by atoms with Crippen molar-refractivity contribution in [2.24, 2.45) is 5.92 Å². The molecule has 1 amide bonds. The second kappa shape index (κ2) is 6.50. The molecule has 1 aliphatic heterocycles. The molecule has 0 N–H and O–H groups in total. The molecule has 0 bridgehead atoms. The van der Waals surface area contributed by atoms with Gasteiger partial charge in [0.1, 0.15) is 5.82 Å². The number of piperidine rings is 1. The highest BCUT2D eigenvalue weighted by Crippen LogP contribution is 2.33. The lowest BCUT2D eigenvalue weighted by molar-refractivity contribution is -0.151. The average Bonchev–Trinajstić information content (AvgIpc) is 2.48. The number of carbonyl (C=O) groups excluding carboxylic acids is 2. The smallest absolute Gasteiger partial charge is 0.311 e. The normalized spacial score (nSPS) is 22.4. The SMILES string of the molecule is CCOC(=O)C1CN(C=O)CCC1c1ccc(F)cc1. The van der Waals surface area contributed by atoms with Gasteiger partial charge >= 0.3 is 5.97 Å². The zero-order chi connectivity index (χ0) is 14.5. The molecule has 2 rings (SSSR count). The van der Waals surface area contributed by atoms with E-state index in [1.807, 2.05) is 0 Å². The van der Waals surface area contributed by atoms with Crippen LogP contribution in [0.25, 0.3) is 0 Å². The number of nitrogens with zero attached hydrogens (tertiary/aromatic N) is 1. The minimum Gasteiger partial charge on any atom is -0.466 e. The van der Waals surface area contributed by atoms with Crippen LogP contribution in [0.15, 0.2) is 24.3 Å². The Hall–Kier alpha value is -1.91. The molecule has 20 heavy (non-hydrogen) atoms. The summed E-state index contributed by atoms with van der Waals surface area (Å²) in [6.07, 6.45) is 1.43. The van der Waals surface area contributed by atoms with Gasteiger partial charge in [-0.15, -0.1) is 0 Å². The van der Waals surface area contributed by atoms with E-state index < -0.39 is 0 Å². The Morgan fingerprint density at radius 1 is 1.45 bits per heavy atom. The lowest BCUT2D eigenvalue weighted by Gasteiger charge is -2.35. The van der Waals surface area contributed by atoms with E-state index in [1.54, 1.807) is 24.0 Å². The van der Waals surface area contributed by atoms with Crippen LogP contribution < -0.4 is 0 Å². The molecule has 0 saturated carbocycles. The first-order chi connectivity index (χ1) is 9.65. The molecule has 1 heterocycles. The molecular weight excluding hydrogens is 261 g/mol. The number of benzene rings is 1. The van der Waals surface area contributed by atoms with E-state index in [1.165, 1.54) is 12.1 Å². The summed E-state index contributed by atoms with van der Waals surface area (Å²) in [4.78, 5) is 24.6. The Balaban J connectivity index is 2.21. The van der Waals surface area contributed by atoms with Gasteiger partial charge in [-0.3, -0.25) is 9.59 Å². The maximum Gasteiger partial charge on any atom is 0.311 e. The van der Waals surface area contributed by atoms with Gasteiger partial charge in [-0.2, -0.15) is 0 Å². The minimum atomic E-state index is -0.389. The lowest BCUT2D eigenvalue weighted by Crippen LogP contribution is -2.42. The van der Waals surface area contributed by atoms with Gasteiger partial charge in [0, 0.05) is 19.0 Å². The topological polar surface area (TPSA) is 46.6 Å². The molecule has 2 unspecified atom stereocenters. The summed E-state index contributed by atoms with van der Waals surface area (Å²) < 4.78 is 18.1. The molecule has 1 aromatic rings. The first-order valence-electron chi connectivity index (χ1n) is 6.77. The minimum absolute atomic E-state index is 0.0363. The van der Waals surface area contributed by atoms with Crippen molar-refractivity contribution in [2.75, 3.05) is 19.7 Å². The Morgan fingerprint density at radius 2 is 2.15 bits per heavy atom. The van der Waals surface area contributed by atoms with Crippen molar-refractivity contribution in [1.82, 2.24) is 4.90 Å². The van der Waals surface area contributed by atoms with Gasteiger partial charge in [0.15, 0.2) is 0 Å².